The summed E-state index contributed by atoms with van der Waals surface area (Å²) in [6.07, 6.45) is 2.07. The Kier molecular flexibility index (Phi) is 10.3. The Bertz CT molecular complexity index is 851. The maximum atomic E-state index is 13.3. The van der Waals surface area contributed by atoms with Crippen LogP contribution in [0.15, 0.2) is 54.6 Å². The molecule has 2 atom stereocenters. The molecule has 0 saturated carbocycles. The molecular weight excluding hydrogens is 400 g/mol. The lowest BCUT2D eigenvalue weighted by Crippen LogP contribution is -2.52. The van der Waals surface area contributed by atoms with Crippen LogP contribution in [0.1, 0.15) is 64.5 Å². The summed E-state index contributed by atoms with van der Waals surface area (Å²) < 4.78 is 5.95. The first-order valence-corrected chi connectivity index (χ1v) is 11.7. The molecule has 0 spiro atoms. The maximum Gasteiger partial charge on any atom is 0.261 e. The minimum absolute atomic E-state index is 0.0665. The summed E-state index contributed by atoms with van der Waals surface area (Å²) in [6.45, 7) is 10.5. The van der Waals surface area contributed by atoms with Gasteiger partial charge in [-0.1, -0.05) is 76.2 Å². The number of carbonyl (C=O) groups is 2. The van der Waals surface area contributed by atoms with Gasteiger partial charge in [-0.15, -0.1) is 0 Å². The van der Waals surface area contributed by atoms with Gasteiger partial charge in [0.1, 0.15) is 11.8 Å². The van der Waals surface area contributed by atoms with Crippen LogP contribution in [0.25, 0.3) is 0 Å². The van der Waals surface area contributed by atoms with Gasteiger partial charge < -0.3 is 15.0 Å². The van der Waals surface area contributed by atoms with Gasteiger partial charge in [0.25, 0.3) is 5.91 Å². The predicted octanol–water partition coefficient (Wildman–Crippen LogP) is 4.95. The van der Waals surface area contributed by atoms with E-state index in [-0.39, 0.29) is 24.5 Å². The normalized spacial score (nSPS) is 12.8. The zero-order valence-corrected chi connectivity index (χ0v) is 20.1. The zero-order chi connectivity index (χ0) is 23.5. The minimum Gasteiger partial charge on any atom is -0.483 e. The van der Waals surface area contributed by atoms with Crippen LogP contribution in [-0.4, -0.2) is 41.9 Å². The van der Waals surface area contributed by atoms with Gasteiger partial charge >= 0.3 is 0 Å². The second kappa shape index (κ2) is 12.9. The Morgan fingerprint density at radius 3 is 2.22 bits per heavy atom. The van der Waals surface area contributed by atoms with Gasteiger partial charge in [0.05, 0.1) is 0 Å². The number of ether oxygens (including phenoxy) is 1. The quantitative estimate of drug-likeness (QED) is 0.510. The first-order valence-electron chi connectivity index (χ1n) is 11.7. The van der Waals surface area contributed by atoms with Gasteiger partial charge in [0.15, 0.2) is 6.61 Å². The summed E-state index contributed by atoms with van der Waals surface area (Å²) in [7, 11) is 0. The molecule has 1 N–H and O–H groups in total. The average Bonchev–Trinajstić information content (AvgIpc) is 2.80. The summed E-state index contributed by atoms with van der Waals surface area (Å²) in [5.74, 6) is 0.729. The number of benzene rings is 2. The van der Waals surface area contributed by atoms with Gasteiger partial charge in [0, 0.05) is 12.6 Å². The fourth-order valence-corrected chi connectivity index (χ4v) is 3.65. The number of hydrogen-bond acceptors (Lipinski definition) is 3. The lowest BCUT2D eigenvalue weighted by molar-refractivity contribution is -0.142. The first kappa shape index (κ1) is 25.4. The zero-order valence-electron chi connectivity index (χ0n) is 20.1. The van der Waals surface area contributed by atoms with Crippen molar-refractivity contribution < 1.29 is 14.3 Å². The fourth-order valence-electron chi connectivity index (χ4n) is 3.65. The smallest absolute Gasteiger partial charge is 0.261 e. The number of nitrogens with zero attached hydrogens (tertiary/aromatic N) is 1. The average molecular weight is 439 g/mol. The van der Waals surface area contributed by atoms with Gasteiger partial charge in [-0.2, -0.15) is 0 Å². The number of carbonyl (C=O) groups excluding carboxylic acids is 2. The highest BCUT2D eigenvalue weighted by Crippen LogP contribution is 2.26. The molecule has 5 heteroatoms. The van der Waals surface area contributed by atoms with E-state index in [1.807, 2.05) is 75.4 Å². The molecule has 2 aromatic rings. The third-order valence-corrected chi connectivity index (χ3v) is 5.76. The minimum atomic E-state index is -0.524. The van der Waals surface area contributed by atoms with Crippen LogP contribution < -0.4 is 10.1 Å². The molecule has 2 aromatic carbocycles. The number of para-hydroxylation sites is 1. The Balaban J connectivity index is 2.18. The van der Waals surface area contributed by atoms with Gasteiger partial charge in [-0.05, 0) is 49.3 Å². The predicted molar refractivity (Wildman–Crippen MR) is 130 cm³/mol. The highest BCUT2D eigenvalue weighted by atomic mass is 16.5. The monoisotopic (exact) mass is 438 g/mol. The van der Waals surface area contributed by atoms with E-state index >= 15 is 0 Å². The Hall–Kier alpha value is -2.82. The molecule has 0 fully saturated rings. The van der Waals surface area contributed by atoms with E-state index in [9.17, 15) is 9.59 Å². The van der Waals surface area contributed by atoms with Crippen molar-refractivity contribution in [3.63, 3.8) is 0 Å². The van der Waals surface area contributed by atoms with Crippen molar-refractivity contribution in [3.05, 3.63) is 65.7 Å². The van der Waals surface area contributed by atoms with Crippen molar-refractivity contribution in [2.75, 3.05) is 13.2 Å². The summed E-state index contributed by atoms with van der Waals surface area (Å²) in [5, 5.41) is 3.04. The van der Waals surface area contributed by atoms with E-state index < -0.39 is 6.04 Å². The molecule has 0 aliphatic heterocycles. The summed E-state index contributed by atoms with van der Waals surface area (Å²) in [4.78, 5) is 28.0. The maximum absolute atomic E-state index is 13.3. The Morgan fingerprint density at radius 2 is 1.59 bits per heavy atom. The van der Waals surface area contributed by atoms with Crippen LogP contribution >= 0.6 is 0 Å². The molecule has 174 valence electrons. The summed E-state index contributed by atoms with van der Waals surface area (Å²) >= 11 is 0. The third-order valence-electron chi connectivity index (χ3n) is 5.76. The first-order chi connectivity index (χ1) is 15.4. The largest absolute Gasteiger partial charge is 0.483 e. The molecule has 2 amide bonds. The molecule has 0 aliphatic carbocycles. The van der Waals surface area contributed by atoms with Crippen molar-refractivity contribution in [2.45, 2.75) is 71.9 Å². The SMILES string of the molecule is CC[C@H](C)NC(=O)[C@H](CC)N(CCc1ccccc1)C(=O)COc1ccccc1C(C)C. The van der Waals surface area contributed by atoms with Crippen molar-refractivity contribution in [1.29, 1.82) is 0 Å². The molecule has 0 aliphatic rings. The lowest BCUT2D eigenvalue weighted by atomic mass is 10.0. The van der Waals surface area contributed by atoms with E-state index in [0.717, 1.165) is 23.3 Å². The van der Waals surface area contributed by atoms with E-state index in [2.05, 4.69) is 19.2 Å². The van der Waals surface area contributed by atoms with E-state index in [1.165, 1.54) is 0 Å². The highest BCUT2D eigenvalue weighted by Gasteiger charge is 2.29. The number of hydrogen-bond donors (Lipinski definition) is 1. The lowest BCUT2D eigenvalue weighted by Gasteiger charge is -2.31. The molecule has 32 heavy (non-hydrogen) atoms. The molecule has 0 saturated heterocycles. The molecule has 0 unspecified atom stereocenters. The fraction of sp³-hybridized carbons (Fsp3) is 0.481. The molecule has 0 radical (unpaired) electrons. The number of amides is 2. The van der Waals surface area contributed by atoms with Crippen LogP contribution in [0.2, 0.25) is 0 Å². The second-order valence-electron chi connectivity index (χ2n) is 8.55. The van der Waals surface area contributed by atoms with Crippen LogP contribution in [0.4, 0.5) is 0 Å². The van der Waals surface area contributed by atoms with Gasteiger partial charge in [-0.25, -0.2) is 0 Å². The van der Waals surface area contributed by atoms with Gasteiger partial charge in [-0.3, -0.25) is 9.59 Å². The molecule has 0 bridgehead atoms. The van der Waals surface area contributed by atoms with Crippen molar-refractivity contribution >= 4 is 11.8 Å². The second-order valence-corrected chi connectivity index (χ2v) is 8.55. The van der Waals surface area contributed by atoms with Crippen molar-refractivity contribution in [2.24, 2.45) is 0 Å². The Labute approximate surface area is 193 Å². The van der Waals surface area contributed by atoms with Gasteiger partial charge in [0.2, 0.25) is 5.91 Å². The van der Waals surface area contributed by atoms with E-state index in [1.54, 1.807) is 4.90 Å². The van der Waals surface area contributed by atoms with Crippen LogP contribution in [0, 0.1) is 0 Å². The number of rotatable bonds is 12. The third kappa shape index (κ3) is 7.40. The van der Waals surface area contributed by atoms with E-state index in [0.29, 0.717) is 25.3 Å². The molecule has 2 rings (SSSR count). The molecular formula is C27H38N2O3. The summed E-state index contributed by atoms with van der Waals surface area (Å²) in [6, 6.07) is 17.4. The van der Waals surface area contributed by atoms with Crippen LogP contribution in [0.5, 0.6) is 5.75 Å². The molecule has 0 heterocycles. The van der Waals surface area contributed by atoms with Crippen LogP contribution in [0.3, 0.4) is 0 Å². The van der Waals surface area contributed by atoms with Crippen molar-refractivity contribution in [3.8, 4) is 5.75 Å². The van der Waals surface area contributed by atoms with Crippen LogP contribution in [-0.2, 0) is 16.0 Å². The summed E-state index contributed by atoms with van der Waals surface area (Å²) in [5.41, 5.74) is 2.20. The topological polar surface area (TPSA) is 58.6 Å². The van der Waals surface area contributed by atoms with Crippen molar-refractivity contribution in [1.82, 2.24) is 10.2 Å². The highest BCUT2D eigenvalue weighted by molar-refractivity contribution is 5.88. The molecule has 5 nitrogen and oxygen atoms in total. The standard InChI is InChI=1S/C27H38N2O3/c1-6-21(5)28-27(31)24(7-2)29(18-17-22-13-9-8-10-14-22)26(30)19-32-25-16-12-11-15-23(25)20(3)4/h8-16,20-21,24H,6-7,17-19H2,1-5H3,(H,28,31)/t21-,24-/m0/s1. The Morgan fingerprint density at radius 1 is 0.938 bits per heavy atom. The number of nitrogens with one attached hydrogen (secondary N) is 1. The van der Waals surface area contributed by atoms with E-state index in [4.69, 9.17) is 4.74 Å². The molecule has 0 aromatic heterocycles.